The normalized spacial score (nSPS) is 11.0. The van der Waals surface area contributed by atoms with Gasteiger partial charge in [-0.2, -0.15) is 4.98 Å². The number of rotatable bonds is 5. The number of amides is 2. The molecule has 2 aromatic rings. The van der Waals surface area contributed by atoms with E-state index in [4.69, 9.17) is 0 Å². The number of nitrogens with one attached hydrogen (secondary N) is 1. The molecule has 0 bridgehead atoms. The van der Waals surface area contributed by atoms with E-state index in [1.54, 1.807) is 0 Å². The molecule has 8 heteroatoms. The van der Waals surface area contributed by atoms with E-state index >= 15 is 0 Å². The zero-order valence-electron chi connectivity index (χ0n) is 14.1. The Balaban J connectivity index is 2.24. The highest BCUT2D eigenvalue weighted by Crippen LogP contribution is 2.07. The molecule has 0 aromatic carbocycles. The summed E-state index contributed by atoms with van der Waals surface area (Å²) in [4.78, 5) is 34.3. The second-order valence-electron chi connectivity index (χ2n) is 5.73. The Labute approximate surface area is 134 Å². The van der Waals surface area contributed by atoms with E-state index in [9.17, 15) is 9.59 Å². The van der Waals surface area contributed by atoms with E-state index in [-0.39, 0.29) is 30.2 Å². The van der Waals surface area contributed by atoms with Gasteiger partial charge in [0.1, 0.15) is 0 Å². The minimum absolute atomic E-state index is 0.0193. The minimum atomic E-state index is -0.381. The molecule has 0 unspecified atom stereocenters. The Morgan fingerprint density at radius 3 is 2.61 bits per heavy atom. The van der Waals surface area contributed by atoms with E-state index < -0.39 is 0 Å². The fourth-order valence-corrected chi connectivity index (χ4v) is 2.27. The van der Waals surface area contributed by atoms with Crippen LogP contribution in [0.3, 0.4) is 0 Å². The summed E-state index contributed by atoms with van der Waals surface area (Å²) in [5.41, 5.74) is 1.66. The maximum Gasteiger partial charge on any atom is 0.294 e. The van der Waals surface area contributed by atoms with Crippen molar-refractivity contribution in [2.24, 2.45) is 0 Å². The van der Waals surface area contributed by atoms with E-state index in [2.05, 4.69) is 20.4 Å². The van der Waals surface area contributed by atoms with E-state index in [1.807, 2.05) is 40.7 Å². The standard InChI is InChI=1S/C15H22N6O2/c1-6-20(8-12(22)16-9(2)3)14(23)13-18-15-17-10(4)7-11(5)21(15)19-13/h7,9H,6,8H2,1-5H3,(H,16,22). The van der Waals surface area contributed by atoms with Crippen LogP contribution in [0.15, 0.2) is 6.07 Å². The van der Waals surface area contributed by atoms with Gasteiger partial charge in [0.05, 0.1) is 6.54 Å². The first-order chi connectivity index (χ1) is 10.8. The molecule has 0 aliphatic rings. The van der Waals surface area contributed by atoms with Crippen molar-refractivity contribution in [1.29, 1.82) is 0 Å². The molecule has 124 valence electrons. The summed E-state index contributed by atoms with van der Waals surface area (Å²) in [6.07, 6.45) is 0. The first kappa shape index (κ1) is 16.9. The largest absolute Gasteiger partial charge is 0.352 e. The van der Waals surface area contributed by atoms with Gasteiger partial charge in [-0.25, -0.2) is 9.50 Å². The molecule has 0 aliphatic heterocycles. The van der Waals surface area contributed by atoms with Crippen molar-refractivity contribution in [3.63, 3.8) is 0 Å². The summed E-state index contributed by atoms with van der Waals surface area (Å²) in [6, 6.07) is 1.89. The van der Waals surface area contributed by atoms with E-state index in [1.165, 1.54) is 9.42 Å². The second-order valence-corrected chi connectivity index (χ2v) is 5.73. The Bertz CT molecular complexity index is 737. The lowest BCUT2D eigenvalue weighted by molar-refractivity contribution is -0.122. The van der Waals surface area contributed by atoms with Gasteiger partial charge in [-0.15, -0.1) is 5.10 Å². The number of likely N-dealkylation sites (N-methyl/N-ethyl adjacent to an activating group) is 1. The predicted molar refractivity (Wildman–Crippen MR) is 85.1 cm³/mol. The van der Waals surface area contributed by atoms with Crippen molar-refractivity contribution in [3.8, 4) is 0 Å². The Morgan fingerprint density at radius 2 is 2.00 bits per heavy atom. The third-order valence-electron chi connectivity index (χ3n) is 3.26. The van der Waals surface area contributed by atoms with Crippen LogP contribution in [-0.4, -0.2) is 55.4 Å². The van der Waals surface area contributed by atoms with Gasteiger partial charge < -0.3 is 10.2 Å². The molecule has 2 aromatic heterocycles. The molecular weight excluding hydrogens is 296 g/mol. The number of carbonyl (C=O) groups excluding carboxylic acids is 2. The molecule has 8 nitrogen and oxygen atoms in total. The van der Waals surface area contributed by atoms with Gasteiger partial charge in [0.2, 0.25) is 11.7 Å². The van der Waals surface area contributed by atoms with Crippen molar-refractivity contribution in [3.05, 3.63) is 23.3 Å². The van der Waals surface area contributed by atoms with Gasteiger partial charge in [0, 0.05) is 24.0 Å². The Morgan fingerprint density at radius 1 is 1.30 bits per heavy atom. The average Bonchev–Trinajstić information content (AvgIpc) is 2.87. The first-order valence-corrected chi connectivity index (χ1v) is 7.61. The van der Waals surface area contributed by atoms with Crippen molar-refractivity contribution in [1.82, 2.24) is 29.8 Å². The number of hydrogen-bond donors (Lipinski definition) is 1. The summed E-state index contributed by atoms with van der Waals surface area (Å²) < 4.78 is 1.53. The highest BCUT2D eigenvalue weighted by Gasteiger charge is 2.22. The Hall–Kier alpha value is -2.51. The minimum Gasteiger partial charge on any atom is -0.352 e. The van der Waals surface area contributed by atoms with Crippen LogP contribution in [0.1, 0.15) is 42.8 Å². The SMILES string of the molecule is CCN(CC(=O)NC(C)C)C(=O)c1nc2nc(C)cc(C)n2n1. The molecule has 23 heavy (non-hydrogen) atoms. The van der Waals surface area contributed by atoms with Crippen molar-refractivity contribution in [2.45, 2.75) is 40.7 Å². The van der Waals surface area contributed by atoms with Crippen LogP contribution in [0.25, 0.3) is 5.78 Å². The number of hydrogen-bond acceptors (Lipinski definition) is 5. The number of fused-ring (bicyclic) bond motifs is 1. The Kier molecular flexibility index (Phi) is 4.92. The molecule has 1 N–H and O–H groups in total. The highest BCUT2D eigenvalue weighted by molar-refractivity contribution is 5.93. The van der Waals surface area contributed by atoms with Crippen LogP contribution in [0.4, 0.5) is 0 Å². The van der Waals surface area contributed by atoms with Gasteiger partial charge in [-0.05, 0) is 40.7 Å². The lowest BCUT2D eigenvalue weighted by Gasteiger charge is -2.19. The molecule has 0 spiro atoms. The molecular formula is C15H22N6O2. The number of aryl methyl sites for hydroxylation is 2. The maximum absolute atomic E-state index is 12.5. The van der Waals surface area contributed by atoms with Gasteiger partial charge in [0.15, 0.2) is 0 Å². The molecule has 0 radical (unpaired) electrons. The predicted octanol–water partition coefficient (Wildman–Crippen LogP) is 0.728. The van der Waals surface area contributed by atoms with E-state index in [0.29, 0.717) is 12.3 Å². The van der Waals surface area contributed by atoms with Crippen LogP contribution in [0.2, 0.25) is 0 Å². The second kappa shape index (κ2) is 6.72. The number of aromatic nitrogens is 4. The topological polar surface area (TPSA) is 92.5 Å². The van der Waals surface area contributed by atoms with Crippen molar-refractivity contribution < 1.29 is 9.59 Å². The fraction of sp³-hybridized carbons (Fsp3) is 0.533. The van der Waals surface area contributed by atoms with Gasteiger partial charge >= 0.3 is 0 Å². The van der Waals surface area contributed by atoms with Crippen molar-refractivity contribution in [2.75, 3.05) is 13.1 Å². The smallest absolute Gasteiger partial charge is 0.294 e. The molecule has 2 rings (SSSR count). The molecule has 0 fully saturated rings. The molecule has 0 saturated heterocycles. The molecule has 2 amide bonds. The summed E-state index contributed by atoms with van der Waals surface area (Å²) in [5.74, 6) is -0.156. The van der Waals surface area contributed by atoms with Crippen LogP contribution in [0.5, 0.6) is 0 Å². The van der Waals surface area contributed by atoms with Crippen LogP contribution >= 0.6 is 0 Å². The lowest BCUT2D eigenvalue weighted by Crippen LogP contribution is -2.43. The fourth-order valence-electron chi connectivity index (χ4n) is 2.27. The third-order valence-corrected chi connectivity index (χ3v) is 3.26. The lowest BCUT2D eigenvalue weighted by atomic mass is 10.3. The van der Waals surface area contributed by atoms with E-state index in [0.717, 1.165) is 11.4 Å². The summed E-state index contributed by atoms with van der Waals surface area (Å²) in [7, 11) is 0. The zero-order chi connectivity index (χ0) is 17.1. The number of carbonyl (C=O) groups is 2. The van der Waals surface area contributed by atoms with Crippen molar-refractivity contribution >= 4 is 17.6 Å². The van der Waals surface area contributed by atoms with Crippen LogP contribution in [-0.2, 0) is 4.79 Å². The quantitative estimate of drug-likeness (QED) is 0.877. The molecule has 0 saturated carbocycles. The highest BCUT2D eigenvalue weighted by atomic mass is 16.2. The summed E-state index contributed by atoms with van der Waals surface area (Å²) in [5, 5.41) is 6.98. The molecule has 2 heterocycles. The van der Waals surface area contributed by atoms with Gasteiger partial charge in [-0.3, -0.25) is 9.59 Å². The monoisotopic (exact) mass is 318 g/mol. The summed E-state index contributed by atoms with van der Waals surface area (Å²) in [6.45, 7) is 9.66. The van der Waals surface area contributed by atoms with Gasteiger partial charge in [0.25, 0.3) is 11.7 Å². The third kappa shape index (κ3) is 3.82. The summed E-state index contributed by atoms with van der Waals surface area (Å²) >= 11 is 0. The van der Waals surface area contributed by atoms with Crippen LogP contribution < -0.4 is 5.32 Å². The first-order valence-electron chi connectivity index (χ1n) is 7.61. The zero-order valence-corrected chi connectivity index (χ0v) is 14.1. The maximum atomic E-state index is 12.5. The molecule has 0 aliphatic carbocycles. The van der Waals surface area contributed by atoms with Gasteiger partial charge in [-0.1, -0.05) is 0 Å². The average molecular weight is 318 g/mol. The molecule has 0 atom stereocenters. The number of nitrogens with zero attached hydrogens (tertiary/aromatic N) is 5. The van der Waals surface area contributed by atoms with Crippen LogP contribution in [0, 0.1) is 13.8 Å².